The molecule has 1 aliphatic heterocycles. The van der Waals surface area contributed by atoms with Gasteiger partial charge in [0.25, 0.3) is 0 Å². The predicted octanol–water partition coefficient (Wildman–Crippen LogP) is 4.70. The maximum atomic E-state index is 10.6. The highest BCUT2D eigenvalue weighted by molar-refractivity contribution is 5.91. The Labute approximate surface area is 166 Å². The molecule has 0 saturated heterocycles. The standard InChI is InChI=1S/C25H25NO2/c1-2-28-24-25(18-27,17-19-11-5-3-6-12-19)22-16-10-9-15-21(22)23(26-24)20-13-7-4-8-14-20/h3-16,23,27H,2,17-18H2,1H3. The number of hydrogen-bond donors (Lipinski definition) is 1. The van der Waals surface area contributed by atoms with E-state index >= 15 is 0 Å². The molecule has 0 aromatic heterocycles. The number of ether oxygens (including phenoxy) is 1. The van der Waals surface area contributed by atoms with Crippen LogP contribution in [-0.4, -0.2) is 24.2 Å². The third kappa shape index (κ3) is 3.23. The Morgan fingerprint density at radius 1 is 0.893 bits per heavy atom. The molecule has 4 rings (SSSR count). The molecular formula is C25H25NO2. The van der Waals surface area contributed by atoms with Crippen LogP contribution < -0.4 is 0 Å². The summed E-state index contributed by atoms with van der Waals surface area (Å²) in [6.45, 7) is 2.42. The summed E-state index contributed by atoms with van der Waals surface area (Å²) in [5.74, 6) is 0.619. The Kier molecular flexibility index (Phi) is 5.27. The van der Waals surface area contributed by atoms with Gasteiger partial charge in [-0.15, -0.1) is 0 Å². The lowest BCUT2D eigenvalue weighted by atomic mass is 9.70. The van der Waals surface area contributed by atoms with E-state index in [-0.39, 0.29) is 12.6 Å². The minimum Gasteiger partial charge on any atom is -0.481 e. The number of aliphatic hydroxyl groups excluding tert-OH is 1. The fourth-order valence-electron chi connectivity index (χ4n) is 4.12. The Morgan fingerprint density at radius 2 is 1.54 bits per heavy atom. The molecule has 0 amide bonds. The molecule has 3 nitrogen and oxygen atoms in total. The molecule has 3 aromatic carbocycles. The van der Waals surface area contributed by atoms with Crippen molar-refractivity contribution in [1.82, 2.24) is 0 Å². The van der Waals surface area contributed by atoms with Crippen LogP contribution in [0.1, 0.15) is 35.2 Å². The van der Waals surface area contributed by atoms with Crippen molar-refractivity contribution in [2.24, 2.45) is 4.99 Å². The van der Waals surface area contributed by atoms with E-state index in [1.807, 2.05) is 55.5 Å². The first-order valence-corrected chi connectivity index (χ1v) is 9.78. The maximum absolute atomic E-state index is 10.6. The van der Waals surface area contributed by atoms with E-state index < -0.39 is 5.41 Å². The summed E-state index contributed by atoms with van der Waals surface area (Å²) in [4.78, 5) is 5.04. The van der Waals surface area contributed by atoms with Crippen LogP contribution in [0.2, 0.25) is 0 Å². The van der Waals surface area contributed by atoms with E-state index in [0.717, 1.165) is 22.3 Å². The smallest absolute Gasteiger partial charge is 0.197 e. The minimum absolute atomic E-state index is 0.0563. The molecule has 1 aliphatic rings. The Hall–Kier alpha value is -2.91. The second-order valence-corrected chi connectivity index (χ2v) is 7.17. The summed E-state index contributed by atoms with van der Waals surface area (Å²) < 4.78 is 6.06. The van der Waals surface area contributed by atoms with Gasteiger partial charge in [-0.25, -0.2) is 4.99 Å². The number of nitrogens with zero attached hydrogens (tertiary/aromatic N) is 1. The zero-order valence-electron chi connectivity index (χ0n) is 16.1. The third-order valence-corrected chi connectivity index (χ3v) is 5.44. The SMILES string of the molecule is CCOC1=NC(c2ccccc2)c2ccccc2C1(CO)Cc1ccccc1. The first-order chi connectivity index (χ1) is 13.8. The normalized spacial score (nSPS) is 20.9. The van der Waals surface area contributed by atoms with Gasteiger partial charge in [0.15, 0.2) is 5.90 Å². The zero-order valence-corrected chi connectivity index (χ0v) is 16.1. The van der Waals surface area contributed by atoms with Gasteiger partial charge in [0.2, 0.25) is 0 Å². The molecule has 28 heavy (non-hydrogen) atoms. The van der Waals surface area contributed by atoms with Gasteiger partial charge < -0.3 is 9.84 Å². The second kappa shape index (κ2) is 7.99. The van der Waals surface area contributed by atoms with Crippen LogP contribution in [0.3, 0.4) is 0 Å². The van der Waals surface area contributed by atoms with Crippen molar-refractivity contribution in [3.63, 3.8) is 0 Å². The molecule has 0 aliphatic carbocycles. The van der Waals surface area contributed by atoms with Gasteiger partial charge in [-0.05, 0) is 35.6 Å². The average Bonchev–Trinajstić information content (AvgIpc) is 2.76. The van der Waals surface area contributed by atoms with Crippen LogP contribution in [0.5, 0.6) is 0 Å². The zero-order chi connectivity index (χ0) is 19.4. The molecule has 0 saturated carbocycles. The van der Waals surface area contributed by atoms with Gasteiger partial charge in [0, 0.05) is 0 Å². The van der Waals surface area contributed by atoms with E-state index in [1.165, 1.54) is 0 Å². The topological polar surface area (TPSA) is 41.8 Å². The van der Waals surface area contributed by atoms with E-state index in [2.05, 4.69) is 36.4 Å². The first kappa shape index (κ1) is 18.5. The molecule has 0 bridgehead atoms. The van der Waals surface area contributed by atoms with E-state index in [4.69, 9.17) is 9.73 Å². The van der Waals surface area contributed by atoms with Gasteiger partial charge in [-0.3, -0.25) is 0 Å². The summed E-state index contributed by atoms with van der Waals surface area (Å²) in [5, 5.41) is 10.6. The van der Waals surface area contributed by atoms with Crippen LogP contribution in [0, 0.1) is 0 Å². The maximum Gasteiger partial charge on any atom is 0.197 e. The number of fused-ring (bicyclic) bond motifs is 1. The molecule has 142 valence electrons. The molecule has 0 fully saturated rings. The average molecular weight is 371 g/mol. The summed E-state index contributed by atoms with van der Waals surface area (Å²) >= 11 is 0. The molecule has 3 heteroatoms. The van der Waals surface area contributed by atoms with Crippen LogP contribution >= 0.6 is 0 Å². The molecule has 3 aromatic rings. The third-order valence-electron chi connectivity index (χ3n) is 5.44. The highest BCUT2D eigenvalue weighted by Gasteiger charge is 2.45. The summed E-state index contributed by atoms with van der Waals surface area (Å²) in [6.07, 6.45) is 0.641. The molecule has 0 radical (unpaired) electrons. The number of aliphatic hydroxyl groups is 1. The van der Waals surface area contributed by atoms with Gasteiger partial charge >= 0.3 is 0 Å². The van der Waals surface area contributed by atoms with Gasteiger partial charge in [0.05, 0.1) is 18.6 Å². The van der Waals surface area contributed by atoms with Crippen molar-refractivity contribution >= 4 is 5.90 Å². The van der Waals surface area contributed by atoms with Crippen LogP contribution in [0.4, 0.5) is 0 Å². The quantitative estimate of drug-likeness (QED) is 0.706. The largest absolute Gasteiger partial charge is 0.481 e. The van der Waals surface area contributed by atoms with Crippen LogP contribution in [0.15, 0.2) is 89.9 Å². The summed E-state index contributed by atoms with van der Waals surface area (Å²) in [5.41, 5.74) is 3.81. The first-order valence-electron chi connectivity index (χ1n) is 9.78. The lowest BCUT2D eigenvalue weighted by Gasteiger charge is -2.40. The molecule has 2 unspecified atom stereocenters. The monoisotopic (exact) mass is 371 g/mol. The Bertz CT molecular complexity index is 953. The fraction of sp³-hybridized carbons (Fsp3) is 0.240. The fourth-order valence-corrected chi connectivity index (χ4v) is 4.12. The lowest BCUT2D eigenvalue weighted by Crippen LogP contribution is -2.46. The number of rotatable bonds is 5. The molecular weight excluding hydrogens is 346 g/mol. The summed E-state index contributed by atoms with van der Waals surface area (Å²) in [7, 11) is 0. The van der Waals surface area contributed by atoms with E-state index in [0.29, 0.717) is 18.9 Å². The molecule has 1 heterocycles. The van der Waals surface area contributed by atoms with Crippen molar-refractivity contribution < 1.29 is 9.84 Å². The van der Waals surface area contributed by atoms with Gasteiger partial charge in [-0.1, -0.05) is 84.9 Å². The summed E-state index contributed by atoms with van der Waals surface area (Å²) in [6, 6.07) is 28.7. The van der Waals surface area contributed by atoms with Crippen molar-refractivity contribution in [3.8, 4) is 0 Å². The minimum atomic E-state index is -0.681. The van der Waals surface area contributed by atoms with E-state index in [9.17, 15) is 5.11 Å². The van der Waals surface area contributed by atoms with Crippen molar-refractivity contribution in [1.29, 1.82) is 0 Å². The van der Waals surface area contributed by atoms with Crippen molar-refractivity contribution in [2.45, 2.75) is 24.8 Å². The van der Waals surface area contributed by atoms with Crippen LogP contribution in [0.25, 0.3) is 0 Å². The Balaban J connectivity index is 1.90. The van der Waals surface area contributed by atoms with Crippen LogP contribution in [-0.2, 0) is 16.6 Å². The van der Waals surface area contributed by atoms with E-state index in [1.54, 1.807) is 0 Å². The lowest BCUT2D eigenvalue weighted by molar-refractivity contribution is 0.194. The number of aliphatic imine (C=N–C) groups is 1. The van der Waals surface area contributed by atoms with Crippen molar-refractivity contribution in [2.75, 3.05) is 13.2 Å². The predicted molar refractivity (Wildman–Crippen MR) is 113 cm³/mol. The molecule has 2 atom stereocenters. The second-order valence-electron chi connectivity index (χ2n) is 7.17. The molecule has 1 N–H and O–H groups in total. The van der Waals surface area contributed by atoms with Crippen molar-refractivity contribution in [3.05, 3.63) is 107 Å². The number of hydrogen-bond acceptors (Lipinski definition) is 3. The Morgan fingerprint density at radius 3 is 2.21 bits per heavy atom. The van der Waals surface area contributed by atoms with Gasteiger partial charge in [0.1, 0.15) is 6.04 Å². The highest BCUT2D eigenvalue weighted by atomic mass is 16.5. The molecule has 0 spiro atoms. The number of benzene rings is 3. The highest BCUT2D eigenvalue weighted by Crippen LogP contribution is 2.43. The van der Waals surface area contributed by atoms with Gasteiger partial charge in [-0.2, -0.15) is 0 Å².